The molecule has 3 rings (SSSR count). The molecule has 0 radical (unpaired) electrons. The van der Waals surface area contributed by atoms with Gasteiger partial charge in [-0.05, 0) is 31.0 Å². The molecule has 1 aromatic heterocycles. The topological polar surface area (TPSA) is 83.5 Å². The summed E-state index contributed by atoms with van der Waals surface area (Å²) in [4.78, 5) is 26.0. The van der Waals surface area contributed by atoms with Crippen LogP contribution >= 0.6 is 23.2 Å². The maximum Gasteiger partial charge on any atom is 0.340 e. The summed E-state index contributed by atoms with van der Waals surface area (Å²) < 4.78 is 12.3. The standard InChI is InChI=1S/C21H22Cl2N2O4/c1-4-6-12-10-15-17(20(26)25(12)5-2)16(13-8-7-11(22)9-14(13)23)18(19(24)29-15)21(27)28-3/h7-10,16H,4-6,24H2,1-3H3. The van der Waals surface area contributed by atoms with Crippen molar-refractivity contribution in [2.75, 3.05) is 7.11 Å². The molecule has 6 nitrogen and oxygen atoms in total. The van der Waals surface area contributed by atoms with Crippen molar-refractivity contribution < 1.29 is 14.3 Å². The van der Waals surface area contributed by atoms with Gasteiger partial charge in [0, 0.05) is 28.4 Å². The first-order valence-corrected chi connectivity index (χ1v) is 10.1. The van der Waals surface area contributed by atoms with Crippen LogP contribution in [-0.2, 0) is 22.5 Å². The zero-order valence-corrected chi connectivity index (χ0v) is 17.9. The molecule has 2 N–H and O–H groups in total. The van der Waals surface area contributed by atoms with Crippen LogP contribution in [0.25, 0.3) is 0 Å². The van der Waals surface area contributed by atoms with E-state index in [0.717, 1.165) is 12.1 Å². The van der Waals surface area contributed by atoms with Crippen molar-refractivity contribution >= 4 is 29.2 Å². The highest BCUT2D eigenvalue weighted by atomic mass is 35.5. The summed E-state index contributed by atoms with van der Waals surface area (Å²) in [7, 11) is 1.24. The summed E-state index contributed by atoms with van der Waals surface area (Å²) in [6.45, 7) is 4.41. The molecule has 1 unspecified atom stereocenters. The minimum atomic E-state index is -0.836. The van der Waals surface area contributed by atoms with E-state index in [1.165, 1.54) is 7.11 Å². The van der Waals surface area contributed by atoms with Gasteiger partial charge in [0.25, 0.3) is 5.56 Å². The number of benzene rings is 1. The van der Waals surface area contributed by atoms with Crippen LogP contribution in [0, 0.1) is 0 Å². The van der Waals surface area contributed by atoms with E-state index in [0.29, 0.717) is 39.9 Å². The van der Waals surface area contributed by atoms with Gasteiger partial charge in [0.1, 0.15) is 11.3 Å². The number of pyridine rings is 1. The normalized spacial score (nSPS) is 15.7. The Bertz CT molecular complexity index is 1060. The fraction of sp³-hybridized carbons (Fsp3) is 0.333. The van der Waals surface area contributed by atoms with Crippen LogP contribution in [0.1, 0.15) is 43.0 Å². The molecule has 0 spiro atoms. The Balaban J connectivity index is 2.37. The molecule has 0 saturated heterocycles. The lowest BCUT2D eigenvalue weighted by Gasteiger charge is -2.29. The number of hydrogen-bond donors (Lipinski definition) is 1. The SMILES string of the molecule is CCCc1cc2c(c(=O)n1CC)C(c1ccc(Cl)cc1Cl)C(C(=O)OC)=C(N)O2. The number of esters is 1. The number of fused-ring (bicyclic) bond motifs is 1. The van der Waals surface area contributed by atoms with Crippen LogP contribution in [0.5, 0.6) is 5.75 Å². The summed E-state index contributed by atoms with van der Waals surface area (Å²) in [5.74, 6) is -1.32. The van der Waals surface area contributed by atoms with Crippen molar-refractivity contribution in [1.29, 1.82) is 0 Å². The first-order chi connectivity index (χ1) is 13.8. The lowest BCUT2D eigenvalue weighted by Crippen LogP contribution is -2.35. The molecule has 0 aliphatic carbocycles. The molecule has 1 atom stereocenters. The predicted octanol–water partition coefficient (Wildman–Crippen LogP) is 4.00. The summed E-state index contributed by atoms with van der Waals surface area (Å²) >= 11 is 12.5. The van der Waals surface area contributed by atoms with Crippen LogP contribution in [0.15, 0.2) is 40.5 Å². The zero-order chi connectivity index (χ0) is 21.3. The van der Waals surface area contributed by atoms with Gasteiger partial charge in [0.2, 0.25) is 5.88 Å². The molecule has 29 heavy (non-hydrogen) atoms. The van der Waals surface area contributed by atoms with Crippen molar-refractivity contribution in [1.82, 2.24) is 4.57 Å². The van der Waals surface area contributed by atoms with Crippen LogP contribution in [0.2, 0.25) is 10.0 Å². The zero-order valence-electron chi connectivity index (χ0n) is 16.4. The van der Waals surface area contributed by atoms with Gasteiger partial charge < -0.3 is 19.8 Å². The van der Waals surface area contributed by atoms with E-state index >= 15 is 0 Å². The maximum absolute atomic E-state index is 13.5. The number of methoxy groups -OCH3 is 1. The van der Waals surface area contributed by atoms with Crippen molar-refractivity contribution in [2.24, 2.45) is 5.73 Å². The molecule has 0 fully saturated rings. The largest absolute Gasteiger partial charge is 0.465 e. The van der Waals surface area contributed by atoms with Crippen LogP contribution in [0.4, 0.5) is 0 Å². The molecule has 1 aromatic carbocycles. The number of halogens is 2. The second-order valence-electron chi connectivity index (χ2n) is 6.68. The Kier molecular flexibility index (Phi) is 6.24. The van der Waals surface area contributed by atoms with Crippen LogP contribution in [0.3, 0.4) is 0 Å². The third-order valence-electron chi connectivity index (χ3n) is 4.95. The van der Waals surface area contributed by atoms with Crippen molar-refractivity contribution in [3.8, 4) is 5.75 Å². The minimum Gasteiger partial charge on any atom is -0.465 e. The number of ether oxygens (including phenoxy) is 2. The lowest BCUT2D eigenvalue weighted by molar-refractivity contribution is -0.136. The van der Waals surface area contributed by atoms with Crippen LogP contribution < -0.4 is 16.0 Å². The van der Waals surface area contributed by atoms with Gasteiger partial charge in [-0.25, -0.2) is 4.79 Å². The number of carbonyl (C=O) groups is 1. The van der Waals surface area contributed by atoms with E-state index < -0.39 is 11.9 Å². The molecule has 1 aliphatic rings. The molecule has 2 heterocycles. The lowest BCUT2D eigenvalue weighted by atomic mass is 9.83. The number of rotatable bonds is 5. The van der Waals surface area contributed by atoms with Crippen molar-refractivity contribution in [3.63, 3.8) is 0 Å². The summed E-state index contributed by atoms with van der Waals surface area (Å²) in [5.41, 5.74) is 7.54. The average Bonchev–Trinajstić information content (AvgIpc) is 2.67. The number of nitrogens with two attached hydrogens (primary N) is 1. The Hall–Kier alpha value is -2.44. The van der Waals surface area contributed by atoms with Crippen molar-refractivity contribution in [2.45, 2.75) is 39.2 Å². The van der Waals surface area contributed by atoms with Gasteiger partial charge in [-0.2, -0.15) is 0 Å². The molecule has 1 aliphatic heterocycles. The third-order valence-corrected chi connectivity index (χ3v) is 5.51. The Morgan fingerprint density at radius 2 is 2.00 bits per heavy atom. The minimum absolute atomic E-state index is 0.0345. The average molecular weight is 437 g/mol. The van der Waals surface area contributed by atoms with Gasteiger partial charge in [0.15, 0.2) is 0 Å². The van der Waals surface area contributed by atoms with E-state index in [1.54, 1.807) is 22.8 Å². The monoisotopic (exact) mass is 436 g/mol. The Morgan fingerprint density at radius 3 is 2.59 bits per heavy atom. The first-order valence-electron chi connectivity index (χ1n) is 9.31. The first kappa shape index (κ1) is 21.3. The predicted molar refractivity (Wildman–Crippen MR) is 113 cm³/mol. The third kappa shape index (κ3) is 3.74. The van der Waals surface area contributed by atoms with Crippen LogP contribution in [-0.4, -0.2) is 17.6 Å². The molecule has 0 saturated carbocycles. The molecular weight excluding hydrogens is 415 g/mol. The second-order valence-corrected chi connectivity index (χ2v) is 7.53. The number of aryl methyl sites for hydroxylation is 1. The van der Waals surface area contributed by atoms with Gasteiger partial charge in [0.05, 0.1) is 18.6 Å². The van der Waals surface area contributed by atoms with E-state index in [2.05, 4.69) is 0 Å². The highest BCUT2D eigenvalue weighted by Crippen LogP contribution is 2.44. The smallest absolute Gasteiger partial charge is 0.340 e. The van der Waals surface area contributed by atoms with E-state index in [1.807, 2.05) is 19.9 Å². The van der Waals surface area contributed by atoms with Gasteiger partial charge >= 0.3 is 5.97 Å². The van der Waals surface area contributed by atoms with Crippen molar-refractivity contribution in [3.05, 3.63) is 72.9 Å². The summed E-state index contributed by atoms with van der Waals surface area (Å²) in [6.07, 6.45) is 1.57. The summed E-state index contributed by atoms with van der Waals surface area (Å²) in [6, 6.07) is 6.69. The molecular formula is C21H22Cl2N2O4. The van der Waals surface area contributed by atoms with Gasteiger partial charge in [-0.3, -0.25) is 4.79 Å². The molecule has 0 amide bonds. The maximum atomic E-state index is 13.5. The molecule has 8 heteroatoms. The second kappa shape index (κ2) is 8.51. The van der Waals surface area contributed by atoms with E-state index in [9.17, 15) is 9.59 Å². The fourth-order valence-electron chi connectivity index (χ4n) is 3.68. The number of carbonyl (C=O) groups excluding carboxylic acids is 1. The fourth-order valence-corrected chi connectivity index (χ4v) is 4.20. The van der Waals surface area contributed by atoms with E-state index in [4.69, 9.17) is 38.4 Å². The number of aromatic nitrogens is 1. The van der Waals surface area contributed by atoms with E-state index in [-0.39, 0.29) is 17.0 Å². The summed E-state index contributed by atoms with van der Waals surface area (Å²) in [5, 5.41) is 0.747. The number of nitrogens with zero attached hydrogens (tertiary/aromatic N) is 1. The highest BCUT2D eigenvalue weighted by Gasteiger charge is 2.39. The van der Waals surface area contributed by atoms with Gasteiger partial charge in [-0.1, -0.05) is 42.6 Å². The molecule has 0 bridgehead atoms. The molecule has 2 aromatic rings. The quantitative estimate of drug-likeness (QED) is 0.716. The highest BCUT2D eigenvalue weighted by molar-refractivity contribution is 6.35. The van der Waals surface area contributed by atoms with Gasteiger partial charge in [-0.15, -0.1) is 0 Å². The molecule has 154 valence electrons. The Labute approximate surface area is 178 Å². The number of hydrogen-bond acceptors (Lipinski definition) is 5. The Morgan fingerprint density at radius 1 is 1.28 bits per heavy atom.